The molecule has 25 heavy (non-hydrogen) atoms. The van der Waals surface area contributed by atoms with Crippen molar-refractivity contribution in [2.24, 2.45) is 0 Å². The van der Waals surface area contributed by atoms with Crippen molar-refractivity contribution in [1.82, 2.24) is 4.90 Å². The number of nitrogens with zero attached hydrogens (tertiary/aromatic N) is 1. The van der Waals surface area contributed by atoms with Crippen molar-refractivity contribution in [1.29, 1.82) is 0 Å². The molecule has 1 fully saturated rings. The molecule has 3 amide bonds. The van der Waals surface area contributed by atoms with Crippen molar-refractivity contribution in [2.75, 3.05) is 18.5 Å². The monoisotopic (exact) mass is 358 g/mol. The van der Waals surface area contributed by atoms with Crippen LogP contribution in [0.5, 0.6) is 0 Å². The van der Waals surface area contributed by atoms with E-state index in [2.05, 4.69) is 10.1 Å². The summed E-state index contributed by atoms with van der Waals surface area (Å²) in [6.45, 7) is -1.28. The zero-order chi connectivity index (χ0) is 18.6. The van der Waals surface area contributed by atoms with Crippen molar-refractivity contribution in [2.45, 2.75) is 19.0 Å². The average molecular weight is 358 g/mol. The van der Waals surface area contributed by atoms with Crippen LogP contribution < -0.4 is 5.32 Å². The molecule has 134 valence electrons. The number of benzene rings is 1. The van der Waals surface area contributed by atoms with Crippen LogP contribution in [0, 0.1) is 0 Å². The number of nitrogens with one attached hydrogen (secondary N) is 1. The normalized spacial score (nSPS) is 14.6. The molecule has 10 heteroatoms. The molecule has 7 nitrogen and oxygen atoms in total. The molecular weight excluding hydrogens is 345 g/mol. The number of halogens is 3. The fraction of sp³-hybridized carbons (Fsp3) is 0.333. The Balaban J connectivity index is 1.79. The smallest absolute Gasteiger partial charge is 0.416 e. The number of imide groups is 1. The lowest BCUT2D eigenvalue weighted by molar-refractivity contribution is -0.153. The van der Waals surface area contributed by atoms with E-state index in [1.165, 1.54) is 0 Å². The molecule has 0 spiro atoms. The Bertz CT molecular complexity index is 684. The van der Waals surface area contributed by atoms with Gasteiger partial charge in [-0.2, -0.15) is 13.2 Å². The molecule has 0 unspecified atom stereocenters. The van der Waals surface area contributed by atoms with E-state index < -0.39 is 48.6 Å². The molecule has 1 N–H and O–H groups in total. The van der Waals surface area contributed by atoms with Gasteiger partial charge in [-0.3, -0.25) is 24.1 Å². The first kappa shape index (κ1) is 18.4. The molecule has 0 bridgehead atoms. The molecule has 1 aliphatic heterocycles. The average Bonchev–Trinajstić information content (AvgIpc) is 2.84. The van der Waals surface area contributed by atoms with Crippen LogP contribution in [-0.4, -0.2) is 41.7 Å². The Morgan fingerprint density at radius 1 is 1.08 bits per heavy atom. The maximum atomic E-state index is 12.4. The third kappa shape index (κ3) is 5.03. The number of rotatable bonds is 5. The van der Waals surface area contributed by atoms with Crippen molar-refractivity contribution < 1.29 is 37.1 Å². The number of amides is 3. The van der Waals surface area contributed by atoms with Crippen LogP contribution in [0.2, 0.25) is 0 Å². The molecule has 1 heterocycles. The molecule has 1 aromatic carbocycles. The van der Waals surface area contributed by atoms with Gasteiger partial charge in [0.15, 0.2) is 6.61 Å². The highest BCUT2D eigenvalue weighted by Crippen LogP contribution is 2.29. The van der Waals surface area contributed by atoms with Crippen LogP contribution in [0.15, 0.2) is 24.3 Å². The van der Waals surface area contributed by atoms with Crippen molar-refractivity contribution >= 4 is 29.4 Å². The van der Waals surface area contributed by atoms with Crippen molar-refractivity contribution in [3.63, 3.8) is 0 Å². The topological polar surface area (TPSA) is 92.8 Å². The second-order valence-electron chi connectivity index (χ2n) is 5.16. The number of anilines is 1. The SMILES string of the molecule is O=C(COC(=O)CN1C(=O)CCC1=O)Nc1ccc(C(F)(F)F)cc1. The van der Waals surface area contributed by atoms with Crippen molar-refractivity contribution in [3.8, 4) is 0 Å². The first-order chi connectivity index (χ1) is 11.7. The Kier molecular flexibility index (Phi) is 5.40. The van der Waals surface area contributed by atoms with Crippen LogP contribution >= 0.6 is 0 Å². The molecule has 0 atom stereocenters. The maximum Gasteiger partial charge on any atom is 0.416 e. The Hall–Kier alpha value is -2.91. The summed E-state index contributed by atoms with van der Waals surface area (Å²) in [5.74, 6) is -2.69. The van der Waals surface area contributed by atoms with Gasteiger partial charge in [-0.05, 0) is 24.3 Å². The first-order valence-electron chi connectivity index (χ1n) is 7.13. The molecule has 1 aliphatic rings. The lowest BCUT2D eigenvalue weighted by atomic mass is 10.2. The zero-order valence-corrected chi connectivity index (χ0v) is 12.8. The number of hydrogen-bond acceptors (Lipinski definition) is 5. The van der Waals surface area contributed by atoms with E-state index in [0.717, 1.165) is 29.2 Å². The van der Waals surface area contributed by atoms with Crippen LogP contribution in [0.1, 0.15) is 18.4 Å². The van der Waals surface area contributed by atoms with Gasteiger partial charge in [0.05, 0.1) is 5.56 Å². The lowest BCUT2D eigenvalue weighted by Crippen LogP contribution is -2.36. The minimum Gasteiger partial charge on any atom is -0.454 e. The summed E-state index contributed by atoms with van der Waals surface area (Å²) >= 11 is 0. The number of ether oxygens (including phenoxy) is 1. The van der Waals surface area contributed by atoms with E-state index in [-0.39, 0.29) is 18.5 Å². The standard InChI is InChI=1S/C15H13F3N2O5/c16-15(17,18)9-1-3-10(4-2-9)19-11(21)8-25-14(24)7-20-12(22)5-6-13(20)23/h1-4H,5-8H2,(H,19,21). The van der Waals surface area contributed by atoms with Crippen LogP contribution in [0.4, 0.5) is 18.9 Å². The minimum absolute atomic E-state index is 0.0283. The van der Waals surface area contributed by atoms with Gasteiger partial charge in [0, 0.05) is 18.5 Å². The number of esters is 1. The highest BCUT2D eigenvalue weighted by Gasteiger charge is 2.31. The van der Waals surface area contributed by atoms with Gasteiger partial charge in [0.25, 0.3) is 5.91 Å². The van der Waals surface area contributed by atoms with Gasteiger partial charge in [-0.15, -0.1) is 0 Å². The molecule has 2 rings (SSSR count). The molecule has 0 radical (unpaired) electrons. The number of carbonyl (C=O) groups is 4. The quantitative estimate of drug-likeness (QED) is 0.633. The fourth-order valence-electron chi connectivity index (χ4n) is 2.06. The Morgan fingerprint density at radius 2 is 1.64 bits per heavy atom. The number of carbonyl (C=O) groups excluding carboxylic acids is 4. The minimum atomic E-state index is -4.48. The van der Waals surface area contributed by atoms with E-state index >= 15 is 0 Å². The van der Waals surface area contributed by atoms with Crippen LogP contribution in [0.3, 0.4) is 0 Å². The predicted octanol–water partition coefficient (Wildman–Crippen LogP) is 1.34. The van der Waals surface area contributed by atoms with Gasteiger partial charge in [-0.25, -0.2) is 0 Å². The van der Waals surface area contributed by atoms with Gasteiger partial charge >= 0.3 is 12.1 Å². The van der Waals surface area contributed by atoms with Gasteiger partial charge in [0.1, 0.15) is 6.54 Å². The molecule has 0 aromatic heterocycles. The molecule has 0 saturated carbocycles. The highest BCUT2D eigenvalue weighted by atomic mass is 19.4. The summed E-state index contributed by atoms with van der Waals surface area (Å²) in [5, 5.41) is 2.26. The molecule has 1 saturated heterocycles. The van der Waals surface area contributed by atoms with E-state index in [1.54, 1.807) is 0 Å². The number of likely N-dealkylation sites (tertiary alicyclic amines) is 1. The summed E-state index contributed by atoms with van der Waals surface area (Å²) < 4.78 is 41.9. The van der Waals surface area contributed by atoms with E-state index in [0.29, 0.717) is 0 Å². The van der Waals surface area contributed by atoms with Crippen LogP contribution in [-0.2, 0) is 30.1 Å². The highest BCUT2D eigenvalue weighted by molar-refractivity contribution is 6.04. The Morgan fingerprint density at radius 3 is 2.16 bits per heavy atom. The van der Waals surface area contributed by atoms with Gasteiger partial charge in [-0.1, -0.05) is 0 Å². The van der Waals surface area contributed by atoms with Crippen LogP contribution in [0.25, 0.3) is 0 Å². The molecule has 1 aromatic rings. The molecular formula is C15H13F3N2O5. The number of alkyl halides is 3. The van der Waals surface area contributed by atoms with Crippen molar-refractivity contribution in [3.05, 3.63) is 29.8 Å². The second-order valence-corrected chi connectivity index (χ2v) is 5.16. The van der Waals surface area contributed by atoms with Gasteiger partial charge < -0.3 is 10.1 Å². The fourth-order valence-corrected chi connectivity index (χ4v) is 2.06. The summed E-state index contributed by atoms with van der Waals surface area (Å²) in [6.07, 6.45) is -4.43. The summed E-state index contributed by atoms with van der Waals surface area (Å²) in [7, 11) is 0. The first-order valence-corrected chi connectivity index (χ1v) is 7.13. The predicted molar refractivity (Wildman–Crippen MR) is 77.0 cm³/mol. The third-order valence-corrected chi connectivity index (χ3v) is 3.30. The van der Waals surface area contributed by atoms with E-state index in [9.17, 15) is 32.3 Å². The molecule has 0 aliphatic carbocycles. The van der Waals surface area contributed by atoms with E-state index in [4.69, 9.17) is 0 Å². The second kappa shape index (κ2) is 7.32. The summed E-state index contributed by atoms with van der Waals surface area (Å²) in [4.78, 5) is 46.6. The van der Waals surface area contributed by atoms with Gasteiger partial charge in [0.2, 0.25) is 11.8 Å². The largest absolute Gasteiger partial charge is 0.454 e. The third-order valence-electron chi connectivity index (χ3n) is 3.30. The zero-order valence-electron chi connectivity index (χ0n) is 12.8. The lowest BCUT2D eigenvalue weighted by Gasteiger charge is -2.13. The summed E-state index contributed by atoms with van der Waals surface area (Å²) in [5.41, 5.74) is -0.768. The summed E-state index contributed by atoms with van der Waals surface area (Å²) in [6, 6.07) is 3.71. The number of hydrogen-bond donors (Lipinski definition) is 1. The Labute approximate surface area is 139 Å². The maximum absolute atomic E-state index is 12.4. The van der Waals surface area contributed by atoms with E-state index in [1.807, 2.05) is 0 Å².